The van der Waals surface area contributed by atoms with Crippen LogP contribution in [0.5, 0.6) is 0 Å². The molecular formula is C13H23NO3S. The predicted molar refractivity (Wildman–Crippen MR) is 73.7 cm³/mol. The van der Waals surface area contributed by atoms with Crippen molar-refractivity contribution in [1.29, 1.82) is 0 Å². The normalized spacial score (nSPS) is 22.7. The van der Waals surface area contributed by atoms with Crippen LogP contribution in [0.4, 0.5) is 0 Å². The van der Waals surface area contributed by atoms with Gasteiger partial charge in [0.15, 0.2) is 0 Å². The third-order valence-electron chi connectivity index (χ3n) is 3.27. The maximum absolute atomic E-state index is 12.4. The SMILES string of the molecule is CCC1CN(C(=O)C(C(=O)O)C(C)(C)C)CCS1. The highest BCUT2D eigenvalue weighted by Gasteiger charge is 2.41. The minimum absolute atomic E-state index is 0.228. The first-order valence-electron chi connectivity index (χ1n) is 6.40. The summed E-state index contributed by atoms with van der Waals surface area (Å²) in [5.74, 6) is -1.29. The van der Waals surface area contributed by atoms with Crippen LogP contribution in [0.25, 0.3) is 0 Å². The van der Waals surface area contributed by atoms with Gasteiger partial charge in [0.1, 0.15) is 5.92 Å². The average Bonchev–Trinajstić information content (AvgIpc) is 2.26. The fourth-order valence-corrected chi connectivity index (χ4v) is 3.38. The maximum Gasteiger partial charge on any atom is 0.316 e. The molecule has 5 heteroatoms. The van der Waals surface area contributed by atoms with Gasteiger partial charge in [0.05, 0.1) is 0 Å². The Morgan fingerprint density at radius 1 is 1.44 bits per heavy atom. The highest BCUT2D eigenvalue weighted by Crippen LogP contribution is 2.30. The summed E-state index contributed by atoms with van der Waals surface area (Å²) in [4.78, 5) is 25.4. The fraction of sp³-hybridized carbons (Fsp3) is 0.846. The van der Waals surface area contributed by atoms with Crippen molar-refractivity contribution < 1.29 is 14.7 Å². The summed E-state index contributed by atoms with van der Waals surface area (Å²) in [6.07, 6.45) is 1.02. The monoisotopic (exact) mass is 273 g/mol. The molecule has 18 heavy (non-hydrogen) atoms. The van der Waals surface area contributed by atoms with Crippen molar-refractivity contribution in [3.05, 3.63) is 0 Å². The quantitative estimate of drug-likeness (QED) is 0.800. The van der Waals surface area contributed by atoms with Crippen molar-refractivity contribution in [3.8, 4) is 0 Å². The maximum atomic E-state index is 12.4. The number of nitrogens with zero attached hydrogens (tertiary/aromatic N) is 1. The van der Waals surface area contributed by atoms with Crippen LogP contribution in [-0.4, -0.2) is 46.0 Å². The Hall–Kier alpha value is -0.710. The number of carbonyl (C=O) groups excluding carboxylic acids is 1. The van der Waals surface area contributed by atoms with Gasteiger partial charge in [-0.05, 0) is 11.8 Å². The van der Waals surface area contributed by atoms with Gasteiger partial charge in [-0.2, -0.15) is 11.8 Å². The van der Waals surface area contributed by atoms with Crippen molar-refractivity contribution in [2.75, 3.05) is 18.8 Å². The Kier molecular flexibility index (Phi) is 5.08. The highest BCUT2D eigenvalue weighted by atomic mass is 32.2. The predicted octanol–water partition coefficient (Wildman–Crippen LogP) is 2.09. The number of carboxylic acids is 1. The molecule has 104 valence electrons. The van der Waals surface area contributed by atoms with Crippen LogP contribution >= 0.6 is 11.8 Å². The Bertz CT molecular complexity index is 325. The molecule has 0 aromatic rings. The molecule has 2 unspecified atom stereocenters. The van der Waals surface area contributed by atoms with Crippen LogP contribution in [0.15, 0.2) is 0 Å². The number of aliphatic carboxylic acids is 1. The second kappa shape index (κ2) is 5.95. The third-order valence-corrected chi connectivity index (χ3v) is 4.64. The van der Waals surface area contributed by atoms with Gasteiger partial charge in [-0.25, -0.2) is 0 Å². The first kappa shape index (κ1) is 15.3. The second-order valence-electron chi connectivity index (χ2n) is 5.82. The minimum atomic E-state index is -1.02. The summed E-state index contributed by atoms with van der Waals surface area (Å²) >= 11 is 1.87. The van der Waals surface area contributed by atoms with E-state index in [0.29, 0.717) is 18.3 Å². The van der Waals surface area contributed by atoms with Gasteiger partial charge in [-0.1, -0.05) is 27.7 Å². The van der Waals surface area contributed by atoms with Gasteiger partial charge < -0.3 is 10.0 Å². The lowest BCUT2D eigenvalue weighted by atomic mass is 9.80. The van der Waals surface area contributed by atoms with Crippen molar-refractivity contribution in [3.63, 3.8) is 0 Å². The van der Waals surface area contributed by atoms with Gasteiger partial charge in [0, 0.05) is 24.1 Å². The topological polar surface area (TPSA) is 57.6 Å². The molecule has 1 saturated heterocycles. The molecule has 1 heterocycles. The van der Waals surface area contributed by atoms with Gasteiger partial charge in [0.2, 0.25) is 5.91 Å². The van der Waals surface area contributed by atoms with Crippen molar-refractivity contribution in [2.45, 2.75) is 39.4 Å². The number of hydrogen-bond donors (Lipinski definition) is 1. The van der Waals surface area contributed by atoms with Gasteiger partial charge >= 0.3 is 5.97 Å². The molecule has 0 aromatic carbocycles. The van der Waals surface area contributed by atoms with E-state index in [0.717, 1.165) is 12.2 Å². The molecule has 0 spiro atoms. The number of carboxylic acid groups (broad SMARTS) is 1. The molecular weight excluding hydrogens is 250 g/mol. The Morgan fingerprint density at radius 3 is 2.50 bits per heavy atom. The van der Waals surface area contributed by atoms with Crippen LogP contribution in [-0.2, 0) is 9.59 Å². The lowest BCUT2D eigenvalue weighted by Crippen LogP contribution is -2.49. The molecule has 1 fully saturated rings. The Balaban J connectivity index is 2.80. The molecule has 0 saturated carbocycles. The van der Waals surface area contributed by atoms with E-state index in [9.17, 15) is 14.7 Å². The van der Waals surface area contributed by atoms with E-state index in [1.165, 1.54) is 0 Å². The van der Waals surface area contributed by atoms with Crippen LogP contribution < -0.4 is 0 Å². The van der Waals surface area contributed by atoms with E-state index in [-0.39, 0.29) is 5.91 Å². The number of carbonyl (C=O) groups is 2. The van der Waals surface area contributed by atoms with E-state index in [1.807, 2.05) is 11.8 Å². The zero-order valence-corrected chi connectivity index (χ0v) is 12.4. The molecule has 4 nitrogen and oxygen atoms in total. The second-order valence-corrected chi connectivity index (χ2v) is 7.23. The molecule has 1 N–H and O–H groups in total. The summed E-state index contributed by atoms with van der Waals surface area (Å²) in [5, 5.41) is 9.72. The van der Waals surface area contributed by atoms with Crippen LogP contribution in [0.1, 0.15) is 34.1 Å². The van der Waals surface area contributed by atoms with Crippen LogP contribution in [0.3, 0.4) is 0 Å². The molecule has 0 bridgehead atoms. The Morgan fingerprint density at radius 2 is 2.06 bits per heavy atom. The average molecular weight is 273 g/mol. The largest absolute Gasteiger partial charge is 0.481 e. The molecule has 1 aliphatic rings. The van der Waals surface area contributed by atoms with E-state index >= 15 is 0 Å². The molecule has 0 aromatic heterocycles. The van der Waals surface area contributed by atoms with Crippen molar-refractivity contribution in [2.24, 2.45) is 11.3 Å². The first-order chi connectivity index (χ1) is 8.27. The number of rotatable bonds is 3. The first-order valence-corrected chi connectivity index (χ1v) is 7.45. The lowest BCUT2D eigenvalue weighted by molar-refractivity contribution is -0.156. The molecule has 1 amide bonds. The zero-order chi connectivity index (χ0) is 13.9. The minimum Gasteiger partial charge on any atom is -0.481 e. The number of thioether (sulfide) groups is 1. The summed E-state index contributed by atoms with van der Waals surface area (Å²) in [5.41, 5.74) is -0.546. The van der Waals surface area contributed by atoms with Crippen molar-refractivity contribution in [1.82, 2.24) is 4.90 Å². The van der Waals surface area contributed by atoms with Crippen LogP contribution in [0.2, 0.25) is 0 Å². The zero-order valence-electron chi connectivity index (χ0n) is 11.6. The number of hydrogen-bond acceptors (Lipinski definition) is 3. The van der Waals surface area contributed by atoms with E-state index in [1.54, 1.807) is 25.7 Å². The summed E-state index contributed by atoms with van der Waals surface area (Å²) in [6, 6.07) is 0. The third kappa shape index (κ3) is 3.64. The van der Waals surface area contributed by atoms with E-state index < -0.39 is 17.3 Å². The smallest absolute Gasteiger partial charge is 0.316 e. The molecule has 1 aliphatic heterocycles. The van der Waals surface area contributed by atoms with Gasteiger partial charge in [-0.15, -0.1) is 0 Å². The Labute approximate surface area is 113 Å². The van der Waals surface area contributed by atoms with Gasteiger partial charge in [-0.3, -0.25) is 9.59 Å². The van der Waals surface area contributed by atoms with E-state index in [2.05, 4.69) is 6.92 Å². The highest BCUT2D eigenvalue weighted by molar-refractivity contribution is 8.00. The molecule has 0 aliphatic carbocycles. The molecule has 0 radical (unpaired) electrons. The molecule has 1 rings (SSSR count). The van der Waals surface area contributed by atoms with Crippen LogP contribution in [0, 0.1) is 11.3 Å². The standard InChI is InChI=1S/C13H23NO3S/c1-5-9-8-14(6-7-18-9)11(15)10(12(16)17)13(2,3)4/h9-10H,5-8H2,1-4H3,(H,16,17). The van der Waals surface area contributed by atoms with Gasteiger partial charge in [0.25, 0.3) is 0 Å². The molecule has 2 atom stereocenters. The number of amides is 1. The lowest BCUT2D eigenvalue weighted by Gasteiger charge is -2.36. The summed E-state index contributed by atoms with van der Waals surface area (Å²) in [7, 11) is 0. The summed E-state index contributed by atoms with van der Waals surface area (Å²) in [6.45, 7) is 8.86. The van der Waals surface area contributed by atoms with Crippen molar-refractivity contribution >= 4 is 23.6 Å². The van der Waals surface area contributed by atoms with E-state index in [4.69, 9.17) is 0 Å². The fourth-order valence-electron chi connectivity index (χ4n) is 2.20. The summed E-state index contributed by atoms with van der Waals surface area (Å²) < 4.78 is 0.